The van der Waals surface area contributed by atoms with Gasteiger partial charge in [-0.1, -0.05) is 0 Å². The quantitative estimate of drug-likeness (QED) is 0.704. The van der Waals surface area contributed by atoms with E-state index in [9.17, 15) is 9.59 Å². The van der Waals surface area contributed by atoms with Gasteiger partial charge in [-0.15, -0.1) is 0 Å². The molecule has 0 spiro atoms. The molecule has 0 bridgehead atoms. The standard InChI is InChI=1S/C9H13N3O2/c1-10-6-4-5-7(13)11-8(6)9(14)12(2)3/h4-5,10H,1-3H3,(H,11,13). The Morgan fingerprint density at radius 2 is 2.07 bits per heavy atom. The number of H-pyrrole nitrogens is 1. The van der Waals surface area contributed by atoms with Crippen LogP contribution in [0.1, 0.15) is 10.5 Å². The van der Waals surface area contributed by atoms with Crippen LogP contribution in [0.2, 0.25) is 0 Å². The number of hydrogen-bond acceptors (Lipinski definition) is 3. The SMILES string of the molecule is CNc1ccc(=O)[nH]c1C(=O)N(C)C. The summed E-state index contributed by atoms with van der Waals surface area (Å²) in [5.74, 6) is -0.230. The van der Waals surface area contributed by atoms with Gasteiger partial charge >= 0.3 is 0 Å². The monoisotopic (exact) mass is 195 g/mol. The van der Waals surface area contributed by atoms with E-state index in [1.54, 1.807) is 27.2 Å². The van der Waals surface area contributed by atoms with Gasteiger partial charge in [-0.25, -0.2) is 0 Å². The van der Waals surface area contributed by atoms with Gasteiger partial charge < -0.3 is 15.2 Å². The van der Waals surface area contributed by atoms with E-state index in [4.69, 9.17) is 0 Å². The second kappa shape index (κ2) is 3.95. The van der Waals surface area contributed by atoms with Crippen molar-refractivity contribution in [1.29, 1.82) is 0 Å². The summed E-state index contributed by atoms with van der Waals surface area (Å²) < 4.78 is 0. The number of hydrogen-bond donors (Lipinski definition) is 2. The van der Waals surface area contributed by atoms with Crippen LogP contribution in [-0.4, -0.2) is 36.9 Å². The number of nitrogens with one attached hydrogen (secondary N) is 2. The first kappa shape index (κ1) is 10.3. The van der Waals surface area contributed by atoms with Crippen LogP contribution < -0.4 is 10.9 Å². The Kier molecular flexibility index (Phi) is 2.91. The number of aromatic amines is 1. The molecule has 0 aliphatic carbocycles. The van der Waals surface area contributed by atoms with Crippen molar-refractivity contribution in [1.82, 2.24) is 9.88 Å². The van der Waals surface area contributed by atoms with Crippen molar-refractivity contribution in [3.63, 3.8) is 0 Å². The summed E-state index contributed by atoms with van der Waals surface area (Å²) in [4.78, 5) is 26.5. The first-order chi connectivity index (χ1) is 6.56. The van der Waals surface area contributed by atoms with E-state index >= 15 is 0 Å². The molecular weight excluding hydrogens is 182 g/mol. The molecule has 14 heavy (non-hydrogen) atoms. The molecule has 0 aliphatic heterocycles. The summed E-state index contributed by atoms with van der Waals surface area (Å²) in [6, 6.07) is 2.95. The fraction of sp³-hybridized carbons (Fsp3) is 0.333. The van der Waals surface area contributed by atoms with Gasteiger partial charge in [-0.3, -0.25) is 9.59 Å². The third kappa shape index (κ3) is 1.93. The normalized spacial score (nSPS) is 9.64. The third-order valence-corrected chi connectivity index (χ3v) is 1.81. The van der Waals surface area contributed by atoms with Crippen LogP contribution in [-0.2, 0) is 0 Å². The molecule has 0 fully saturated rings. The summed E-state index contributed by atoms with van der Waals surface area (Å²) in [5, 5.41) is 2.84. The minimum Gasteiger partial charge on any atom is -0.386 e. The van der Waals surface area contributed by atoms with E-state index < -0.39 is 0 Å². The molecule has 0 unspecified atom stereocenters. The minimum absolute atomic E-state index is 0.230. The molecule has 1 aromatic rings. The van der Waals surface area contributed by atoms with Gasteiger partial charge in [0.2, 0.25) is 5.56 Å². The van der Waals surface area contributed by atoms with Gasteiger partial charge in [0.1, 0.15) is 5.69 Å². The van der Waals surface area contributed by atoms with Crippen LogP contribution in [0, 0.1) is 0 Å². The highest BCUT2D eigenvalue weighted by Gasteiger charge is 2.13. The van der Waals surface area contributed by atoms with E-state index in [-0.39, 0.29) is 17.2 Å². The lowest BCUT2D eigenvalue weighted by Gasteiger charge is -2.12. The first-order valence-corrected chi connectivity index (χ1v) is 4.19. The Morgan fingerprint density at radius 1 is 1.43 bits per heavy atom. The average Bonchev–Trinajstić information content (AvgIpc) is 2.16. The lowest BCUT2D eigenvalue weighted by molar-refractivity contribution is 0.0822. The Bertz CT molecular complexity index is 395. The number of aromatic nitrogens is 1. The number of amides is 1. The van der Waals surface area contributed by atoms with Gasteiger partial charge in [-0.2, -0.15) is 0 Å². The van der Waals surface area contributed by atoms with E-state index in [0.29, 0.717) is 5.69 Å². The molecule has 0 saturated heterocycles. The smallest absolute Gasteiger partial charge is 0.272 e. The van der Waals surface area contributed by atoms with Crippen LogP contribution in [0.3, 0.4) is 0 Å². The molecule has 1 aromatic heterocycles. The molecule has 0 aromatic carbocycles. The molecular formula is C9H13N3O2. The van der Waals surface area contributed by atoms with Crippen LogP contribution in [0.25, 0.3) is 0 Å². The maximum atomic E-state index is 11.6. The predicted octanol–water partition coefficient (Wildman–Crippen LogP) is 0.118. The van der Waals surface area contributed by atoms with Crippen molar-refractivity contribution >= 4 is 11.6 Å². The Hall–Kier alpha value is -1.78. The molecule has 2 N–H and O–H groups in total. The van der Waals surface area contributed by atoms with Gasteiger partial charge in [0.05, 0.1) is 5.69 Å². The molecule has 1 amide bonds. The van der Waals surface area contributed by atoms with Gasteiger partial charge in [0.25, 0.3) is 5.91 Å². The zero-order valence-electron chi connectivity index (χ0n) is 8.42. The zero-order chi connectivity index (χ0) is 10.7. The highest BCUT2D eigenvalue weighted by atomic mass is 16.2. The maximum absolute atomic E-state index is 11.6. The number of nitrogens with zero attached hydrogens (tertiary/aromatic N) is 1. The fourth-order valence-electron chi connectivity index (χ4n) is 1.08. The molecule has 5 nitrogen and oxygen atoms in total. The molecule has 1 heterocycles. The second-order valence-electron chi connectivity index (χ2n) is 3.06. The Labute approximate surface area is 81.7 Å². The highest BCUT2D eigenvalue weighted by Crippen LogP contribution is 2.10. The van der Waals surface area contributed by atoms with Crippen molar-refractivity contribution < 1.29 is 4.79 Å². The Morgan fingerprint density at radius 3 is 2.57 bits per heavy atom. The predicted molar refractivity (Wildman–Crippen MR) is 54.6 cm³/mol. The lowest BCUT2D eigenvalue weighted by atomic mass is 10.2. The molecule has 76 valence electrons. The van der Waals surface area contributed by atoms with Crippen LogP contribution in [0.5, 0.6) is 0 Å². The van der Waals surface area contributed by atoms with E-state index in [1.165, 1.54) is 11.0 Å². The van der Waals surface area contributed by atoms with Crippen molar-refractivity contribution in [3.05, 3.63) is 28.2 Å². The van der Waals surface area contributed by atoms with Crippen molar-refractivity contribution in [2.24, 2.45) is 0 Å². The number of carbonyl (C=O) groups is 1. The summed E-state index contributed by atoms with van der Waals surface area (Å²) in [6.07, 6.45) is 0. The Balaban J connectivity index is 3.24. The molecule has 0 aliphatic rings. The van der Waals surface area contributed by atoms with E-state index in [0.717, 1.165) is 0 Å². The van der Waals surface area contributed by atoms with Gasteiger partial charge in [-0.05, 0) is 6.07 Å². The van der Waals surface area contributed by atoms with Crippen LogP contribution in [0.15, 0.2) is 16.9 Å². The van der Waals surface area contributed by atoms with Gasteiger partial charge in [0, 0.05) is 27.2 Å². The largest absolute Gasteiger partial charge is 0.386 e. The highest BCUT2D eigenvalue weighted by molar-refractivity contribution is 5.97. The number of anilines is 1. The number of carbonyl (C=O) groups excluding carboxylic acids is 1. The van der Waals surface area contributed by atoms with Crippen LogP contribution >= 0.6 is 0 Å². The number of pyridine rings is 1. The van der Waals surface area contributed by atoms with Crippen LogP contribution in [0.4, 0.5) is 5.69 Å². The van der Waals surface area contributed by atoms with E-state index in [2.05, 4.69) is 10.3 Å². The molecule has 0 atom stereocenters. The first-order valence-electron chi connectivity index (χ1n) is 4.19. The van der Waals surface area contributed by atoms with Gasteiger partial charge in [0.15, 0.2) is 0 Å². The van der Waals surface area contributed by atoms with Crippen molar-refractivity contribution in [2.75, 3.05) is 26.5 Å². The zero-order valence-corrected chi connectivity index (χ0v) is 8.42. The molecule has 1 rings (SSSR count). The third-order valence-electron chi connectivity index (χ3n) is 1.81. The molecule has 0 saturated carbocycles. The van der Waals surface area contributed by atoms with E-state index in [1.807, 2.05) is 0 Å². The average molecular weight is 195 g/mol. The number of rotatable bonds is 2. The molecule has 0 radical (unpaired) electrons. The minimum atomic E-state index is -0.283. The second-order valence-corrected chi connectivity index (χ2v) is 3.06. The maximum Gasteiger partial charge on any atom is 0.272 e. The fourth-order valence-corrected chi connectivity index (χ4v) is 1.08. The summed E-state index contributed by atoms with van der Waals surface area (Å²) in [5.41, 5.74) is 0.613. The van der Waals surface area contributed by atoms with Crippen molar-refractivity contribution in [3.8, 4) is 0 Å². The summed E-state index contributed by atoms with van der Waals surface area (Å²) >= 11 is 0. The summed E-state index contributed by atoms with van der Waals surface area (Å²) in [6.45, 7) is 0. The molecule has 5 heteroatoms. The van der Waals surface area contributed by atoms with Crippen molar-refractivity contribution in [2.45, 2.75) is 0 Å². The topological polar surface area (TPSA) is 65.2 Å². The lowest BCUT2D eigenvalue weighted by Crippen LogP contribution is -2.26. The summed E-state index contributed by atoms with van der Waals surface area (Å²) in [7, 11) is 4.96.